The Morgan fingerprint density at radius 3 is 2.37 bits per heavy atom. The van der Waals surface area contributed by atoms with Crippen molar-refractivity contribution in [3.8, 4) is 0 Å². The van der Waals surface area contributed by atoms with Crippen molar-refractivity contribution >= 4 is 54.2 Å². The van der Waals surface area contributed by atoms with Crippen LogP contribution in [0.3, 0.4) is 0 Å². The third-order valence-electron chi connectivity index (χ3n) is 2.96. The number of carbonyl (C=O) groups excluding carboxylic acids is 1. The lowest BCUT2D eigenvalue weighted by molar-refractivity contribution is -0.116. The van der Waals surface area contributed by atoms with Crippen molar-refractivity contribution < 1.29 is 4.79 Å². The van der Waals surface area contributed by atoms with E-state index in [2.05, 4.69) is 37.2 Å². The van der Waals surface area contributed by atoms with E-state index in [0.29, 0.717) is 0 Å². The lowest BCUT2D eigenvalue weighted by Crippen LogP contribution is -2.27. The molecule has 4 heteroatoms. The van der Waals surface area contributed by atoms with Crippen LogP contribution in [0.15, 0.2) is 40.9 Å². The van der Waals surface area contributed by atoms with E-state index in [-0.39, 0.29) is 16.7 Å². The Morgan fingerprint density at radius 1 is 1.11 bits per heavy atom. The maximum absolute atomic E-state index is 12.1. The van der Waals surface area contributed by atoms with Crippen LogP contribution < -0.4 is 5.32 Å². The monoisotopic (exact) mass is 383 g/mol. The van der Waals surface area contributed by atoms with Crippen LogP contribution in [0.4, 0.5) is 5.69 Å². The summed E-state index contributed by atoms with van der Waals surface area (Å²) < 4.78 is 1.03. The number of fused-ring (bicyclic) bond motifs is 1. The van der Waals surface area contributed by atoms with Crippen molar-refractivity contribution in [2.45, 2.75) is 18.7 Å². The minimum Gasteiger partial charge on any atom is -0.325 e. The molecule has 0 fully saturated rings. The molecule has 0 spiro atoms. The molecule has 0 bridgehead atoms. The summed E-state index contributed by atoms with van der Waals surface area (Å²) in [6.45, 7) is 4.03. The second kappa shape index (κ2) is 6.06. The van der Waals surface area contributed by atoms with Gasteiger partial charge in [0.15, 0.2) is 0 Å². The number of amides is 1. The number of rotatable bonds is 3. The number of nitrogens with one attached hydrogen (secondary N) is 1. The largest absolute Gasteiger partial charge is 0.325 e. The van der Waals surface area contributed by atoms with E-state index in [1.807, 2.05) is 50.2 Å². The highest BCUT2D eigenvalue weighted by Gasteiger charge is 2.19. The molecule has 2 aromatic carbocycles. The first kappa shape index (κ1) is 14.5. The van der Waals surface area contributed by atoms with Gasteiger partial charge in [-0.1, -0.05) is 70.0 Å². The van der Waals surface area contributed by atoms with Gasteiger partial charge in [0.25, 0.3) is 0 Å². The quantitative estimate of drug-likeness (QED) is 0.744. The predicted octanol–water partition coefficient (Wildman–Crippen LogP) is 4.96. The molecule has 2 rings (SSSR count). The topological polar surface area (TPSA) is 29.1 Å². The van der Waals surface area contributed by atoms with Gasteiger partial charge < -0.3 is 5.32 Å². The summed E-state index contributed by atoms with van der Waals surface area (Å²) in [4.78, 5) is 11.9. The summed E-state index contributed by atoms with van der Waals surface area (Å²) >= 11 is 6.95. The van der Waals surface area contributed by atoms with E-state index >= 15 is 0 Å². The molecule has 0 saturated heterocycles. The average molecular weight is 385 g/mol. The van der Waals surface area contributed by atoms with Crippen molar-refractivity contribution in [3.63, 3.8) is 0 Å². The van der Waals surface area contributed by atoms with E-state index < -0.39 is 0 Å². The minimum absolute atomic E-state index is 0.0116. The number of benzene rings is 2. The van der Waals surface area contributed by atoms with Gasteiger partial charge in [-0.3, -0.25) is 4.79 Å². The van der Waals surface area contributed by atoms with Crippen LogP contribution in [-0.2, 0) is 4.79 Å². The van der Waals surface area contributed by atoms with Gasteiger partial charge in [-0.15, -0.1) is 0 Å². The first-order valence-electron chi connectivity index (χ1n) is 6.13. The zero-order valence-corrected chi connectivity index (χ0v) is 14.0. The molecular formula is C15H15Br2NO. The second-order valence-electron chi connectivity index (χ2n) is 4.78. The summed E-state index contributed by atoms with van der Waals surface area (Å²) in [5, 5.41) is 5.12. The molecule has 1 unspecified atom stereocenters. The van der Waals surface area contributed by atoms with Crippen LogP contribution in [0.25, 0.3) is 10.8 Å². The van der Waals surface area contributed by atoms with Gasteiger partial charge in [0.2, 0.25) is 5.91 Å². The van der Waals surface area contributed by atoms with Gasteiger partial charge >= 0.3 is 0 Å². The first-order valence-corrected chi connectivity index (χ1v) is 7.83. The summed E-state index contributed by atoms with van der Waals surface area (Å²) in [5.41, 5.74) is 0.842. The molecule has 0 heterocycles. The Kier molecular flexibility index (Phi) is 4.63. The van der Waals surface area contributed by atoms with E-state index in [0.717, 1.165) is 20.9 Å². The number of hydrogen-bond acceptors (Lipinski definition) is 1. The molecule has 0 saturated carbocycles. The summed E-state index contributed by atoms with van der Waals surface area (Å²) in [5.74, 6) is 0.240. The molecule has 0 aliphatic heterocycles. The molecule has 100 valence electrons. The second-order valence-corrected chi connectivity index (χ2v) is 6.62. The molecule has 2 aromatic rings. The molecule has 1 amide bonds. The van der Waals surface area contributed by atoms with E-state index in [1.54, 1.807) is 0 Å². The van der Waals surface area contributed by atoms with Crippen molar-refractivity contribution in [1.29, 1.82) is 0 Å². The standard InChI is InChI=1S/C15H15Br2NO/c1-9(2)14(17)15(19)18-13-8-7-12(16)10-5-3-4-6-11(10)13/h3-9,14H,1-2H3,(H,18,19). The predicted molar refractivity (Wildman–Crippen MR) is 87.8 cm³/mol. The minimum atomic E-state index is -0.185. The third-order valence-corrected chi connectivity index (χ3v) is 5.13. The SMILES string of the molecule is CC(C)C(Br)C(=O)Nc1ccc(Br)c2ccccc12. The summed E-state index contributed by atoms with van der Waals surface area (Å²) in [6, 6.07) is 11.9. The lowest BCUT2D eigenvalue weighted by atomic mass is 10.1. The Morgan fingerprint density at radius 2 is 1.74 bits per heavy atom. The highest BCUT2D eigenvalue weighted by molar-refractivity contribution is 9.10. The van der Waals surface area contributed by atoms with Crippen molar-refractivity contribution in [2.75, 3.05) is 5.32 Å². The Hall–Kier alpha value is -0.870. The zero-order chi connectivity index (χ0) is 14.0. The number of carbonyl (C=O) groups is 1. The normalized spacial score (nSPS) is 12.7. The fraction of sp³-hybridized carbons (Fsp3) is 0.267. The maximum atomic E-state index is 12.1. The number of anilines is 1. The summed E-state index contributed by atoms with van der Waals surface area (Å²) in [6.07, 6.45) is 0. The smallest absolute Gasteiger partial charge is 0.238 e. The molecule has 1 N–H and O–H groups in total. The van der Waals surface area contributed by atoms with Crippen molar-refractivity contribution in [2.24, 2.45) is 5.92 Å². The van der Waals surface area contributed by atoms with Gasteiger partial charge in [-0.25, -0.2) is 0 Å². The highest BCUT2D eigenvalue weighted by Crippen LogP contribution is 2.30. The molecule has 1 atom stereocenters. The van der Waals surface area contributed by atoms with Crippen LogP contribution in [0.2, 0.25) is 0 Å². The molecule has 0 radical (unpaired) electrons. The van der Waals surface area contributed by atoms with Crippen molar-refractivity contribution in [3.05, 3.63) is 40.9 Å². The van der Waals surface area contributed by atoms with Gasteiger partial charge in [0, 0.05) is 15.5 Å². The fourth-order valence-corrected chi connectivity index (χ4v) is 2.47. The molecule has 0 aliphatic carbocycles. The Labute approximate surface area is 129 Å². The third kappa shape index (κ3) is 3.18. The summed E-state index contributed by atoms with van der Waals surface area (Å²) in [7, 11) is 0. The van der Waals surface area contributed by atoms with Crippen LogP contribution >= 0.6 is 31.9 Å². The van der Waals surface area contributed by atoms with Gasteiger partial charge in [-0.2, -0.15) is 0 Å². The van der Waals surface area contributed by atoms with Crippen molar-refractivity contribution in [1.82, 2.24) is 0 Å². The van der Waals surface area contributed by atoms with Crippen LogP contribution in [0, 0.1) is 5.92 Å². The zero-order valence-electron chi connectivity index (χ0n) is 10.8. The first-order chi connectivity index (χ1) is 9.00. The molecule has 0 aromatic heterocycles. The van der Waals surface area contributed by atoms with E-state index in [4.69, 9.17) is 0 Å². The molecule has 2 nitrogen and oxygen atoms in total. The van der Waals surface area contributed by atoms with Crippen LogP contribution in [0.1, 0.15) is 13.8 Å². The maximum Gasteiger partial charge on any atom is 0.238 e. The highest BCUT2D eigenvalue weighted by atomic mass is 79.9. The van der Waals surface area contributed by atoms with E-state index in [9.17, 15) is 4.79 Å². The average Bonchev–Trinajstić information content (AvgIpc) is 2.41. The van der Waals surface area contributed by atoms with Crippen LogP contribution in [0.5, 0.6) is 0 Å². The van der Waals surface area contributed by atoms with Gasteiger partial charge in [0.05, 0.1) is 4.83 Å². The Balaban J connectivity index is 2.36. The number of halogens is 2. The lowest BCUT2D eigenvalue weighted by Gasteiger charge is -2.15. The number of alkyl halides is 1. The Bertz CT molecular complexity index is 610. The van der Waals surface area contributed by atoms with E-state index in [1.165, 1.54) is 0 Å². The van der Waals surface area contributed by atoms with Gasteiger partial charge in [0.1, 0.15) is 0 Å². The molecule has 0 aliphatic rings. The molecule has 19 heavy (non-hydrogen) atoms. The van der Waals surface area contributed by atoms with Gasteiger partial charge in [-0.05, 0) is 23.4 Å². The van der Waals surface area contributed by atoms with Crippen LogP contribution in [-0.4, -0.2) is 10.7 Å². The fourth-order valence-electron chi connectivity index (χ4n) is 1.88. The number of hydrogen-bond donors (Lipinski definition) is 1. The molecular weight excluding hydrogens is 370 g/mol.